The second kappa shape index (κ2) is 8.41. The van der Waals surface area contributed by atoms with Crippen LogP contribution in [0.3, 0.4) is 0 Å². The van der Waals surface area contributed by atoms with Gasteiger partial charge < -0.3 is 10.6 Å². The molecule has 0 saturated heterocycles. The highest BCUT2D eigenvalue weighted by Crippen LogP contribution is 2.33. The van der Waals surface area contributed by atoms with Crippen LogP contribution >= 0.6 is 23.4 Å². The number of halogens is 4. The molecule has 2 aromatic rings. The standard InChI is InChI=1S/C16H13ClF3N3O2S/c1-21-14(25)9-3-2-4-11(5-9)23-13(24)8-26-15-12(17)6-10(7-22-15)16(18,19)20/h2-7H,8H2,1H3,(H,21,25)(H,23,24). The lowest BCUT2D eigenvalue weighted by Crippen LogP contribution is -2.19. The molecule has 0 saturated carbocycles. The maximum Gasteiger partial charge on any atom is 0.417 e. The summed E-state index contributed by atoms with van der Waals surface area (Å²) >= 11 is 6.70. The number of aromatic nitrogens is 1. The van der Waals surface area contributed by atoms with Gasteiger partial charge in [0, 0.05) is 24.5 Å². The average Bonchev–Trinajstić information content (AvgIpc) is 2.59. The van der Waals surface area contributed by atoms with Crippen LogP contribution in [0.4, 0.5) is 18.9 Å². The number of carbonyl (C=O) groups is 2. The molecule has 0 fully saturated rings. The molecule has 5 nitrogen and oxygen atoms in total. The third kappa shape index (κ3) is 5.37. The number of nitrogens with zero attached hydrogens (tertiary/aromatic N) is 1. The number of thioether (sulfide) groups is 1. The molecule has 2 rings (SSSR count). The Hall–Kier alpha value is -2.26. The maximum atomic E-state index is 12.6. The first-order valence-electron chi connectivity index (χ1n) is 7.18. The molecule has 1 aromatic carbocycles. The fourth-order valence-corrected chi connectivity index (χ4v) is 2.89. The molecule has 2 amide bonds. The molecule has 0 aliphatic rings. The number of anilines is 1. The van der Waals surface area contributed by atoms with E-state index in [2.05, 4.69) is 15.6 Å². The minimum atomic E-state index is -4.53. The molecule has 0 spiro atoms. The van der Waals surface area contributed by atoms with Crippen molar-refractivity contribution in [2.75, 3.05) is 18.1 Å². The van der Waals surface area contributed by atoms with Crippen molar-refractivity contribution in [1.82, 2.24) is 10.3 Å². The number of benzene rings is 1. The lowest BCUT2D eigenvalue weighted by Gasteiger charge is -2.09. The SMILES string of the molecule is CNC(=O)c1cccc(NC(=O)CSc2ncc(C(F)(F)F)cc2Cl)c1. The quantitative estimate of drug-likeness (QED) is 0.744. The van der Waals surface area contributed by atoms with E-state index in [9.17, 15) is 22.8 Å². The van der Waals surface area contributed by atoms with Gasteiger partial charge in [-0.05, 0) is 24.3 Å². The van der Waals surface area contributed by atoms with Crippen molar-refractivity contribution in [2.24, 2.45) is 0 Å². The molecular formula is C16H13ClF3N3O2S. The summed E-state index contributed by atoms with van der Waals surface area (Å²) in [6.07, 6.45) is -3.87. The third-order valence-corrected chi connectivity index (χ3v) is 4.52. The largest absolute Gasteiger partial charge is 0.417 e. The van der Waals surface area contributed by atoms with Gasteiger partial charge in [0.05, 0.1) is 16.3 Å². The van der Waals surface area contributed by atoms with E-state index in [4.69, 9.17) is 11.6 Å². The maximum absolute atomic E-state index is 12.6. The molecule has 10 heteroatoms. The fraction of sp³-hybridized carbons (Fsp3) is 0.188. The van der Waals surface area contributed by atoms with E-state index in [1.54, 1.807) is 18.2 Å². The molecule has 0 atom stereocenters. The van der Waals surface area contributed by atoms with Crippen LogP contribution < -0.4 is 10.6 Å². The lowest BCUT2D eigenvalue weighted by atomic mass is 10.2. The van der Waals surface area contributed by atoms with E-state index >= 15 is 0 Å². The normalized spacial score (nSPS) is 11.1. The Labute approximate surface area is 156 Å². The van der Waals surface area contributed by atoms with E-state index < -0.39 is 17.6 Å². The summed E-state index contributed by atoms with van der Waals surface area (Å²) in [5.74, 6) is -0.819. The van der Waals surface area contributed by atoms with Crippen LogP contribution in [-0.2, 0) is 11.0 Å². The Morgan fingerprint density at radius 2 is 2.00 bits per heavy atom. The topological polar surface area (TPSA) is 71.1 Å². The van der Waals surface area contributed by atoms with Crippen LogP contribution in [0.1, 0.15) is 15.9 Å². The molecule has 138 valence electrons. The Balaban J connectivity index is 1.98. The molecule has 2 N–H and O–H groups in total. The Kier molecular flexibility index (Phi) is 6.49. The highest BCUT2D eigenvalue weighted by atomic mass is 35.5. The summed E-state index contributed by atoms with van der Waals surface area (Å²) in [5.41, 5.74) is -0.157. The first kappa shape index (κ1) is 20.1. The fourth-order valence-electron chi connectivity index (χ4n) is 1.90. The van der Waals surface area contributed by atoms with Gasteiger partial charge in [-0.15, -0.1) is 0 Å². The summed E-state index contributed by atoms with van der Waals surface area (Å²) in [5, 5.41) is 5.01. The van der Waals surface area contributed by atoms with Crippen molar-refractivity contribution in [3.05, 3.63) is 52.7 Å². The van der Waals surface area contributed by atoms with Crippen molar-refractivity contribution in [3.8, 4) is 0 Å². The van der Waals surface area contributed by atoms with Gasteiger partial charge in [-0.2, -0.15) is 13.2 Å². The molecule has 26 heavy (non-hydrogen) atoms. The second-order valence-corrected chi connectivity index (χ2v) is 6.38. The molecule has 0 aliphatic carbocycles. The van der Waals surface area contributed by atoms with Crippen molar-refractivity contribution >= 4 is 40.9 Å². The van der Waals surface area contributed by atoms with Crippen LogP contribution in [0.5, 0.6) is 0 Å². The van der Waals surface area contributed by atoms with E-state index in [1.807, 2.05) is 0 Å². The first-order chi connectivity index (χ1) is 12.2. The van der Waals surface area contributed by atoms with Gasteiger partial charge in [0.15, 0.2) is 0 Å². The van der Waals surface area contributed by atoms with Gasteiger partial charge in [-0.25, -0.2) is 4.98 Å². The van der Waals surface area contributed by atoms with Crippen molar-refractivity contribution in [1.29, 1.82) is 0 Å². The van der Waals surface area contributed by atoms with E-state index in [1.165, 1.54) is 13.1 Å². The summed E-state index contributed by atoms with van der Waals surface area (Å²) in [4.78, 5) is 27.2. The van der Waals surface area contributed by atoms with Crippen molar-refractivity contribution < 1.29 is 22.8 Å². The van der Waals surface area contributed by atoms with Crippen LogP contribution in [0.25, 0.3) is 0 Å². The number of pyridine rings is 1. The minimum Gasteiger partial charge on any atom is -0.355 e. The zero-order chi connectivity index (χ0) is 19.3. The van der Waals surface area contributed by atoms with Crippen LogP contribution in [-0.4, -0.2) is 29.6 Å². The number of carbonyl (C=O) groups excluding carboxylic acids is 2. The van der Waals surface area contributed by atoms with E-state index in [0.717, 1.165) is 17.8 Å². The van der Waals surface area contributed by atoms with Gasteiger partial charge in [0.1, 0.15) is 5.03 Å². The van der Waals surface area contributed by atoms with E-state index in [-0.39, 0.29) is 21.7 Å². The third-order valence-electron chi connectivity index (χ3n) is 3.11. The molecular weight excluding hydrogens is 391 g/mol. The summed E-state index contributed by atoms with van der Waals surface area (Å²) < 4.78 is 37.7. The predicted molar refractivity (Wildman–Crippen MR) is 93.4 cm³/mol. The first-order valence-corrected chi connectivity index (χ1v) is 8.54. The van der Waals surface area contributed by atoms with Gasteiger partial charge >= 0.3 is 6.18 Å². The highest BCUT2D eigenvalue weighted by molar-refractivity contribution is 8.00. The van der Waals surface area contributed by atoms with E-state index in [0.29, 0.717) is 17.4 Å². The Morgan fingerprint density at radius 1 is 1.27 bits per heavy atom. The number of rotatable bonds is 5. The highest BCUT2D eigenvalue weighted by Gasteiger charge is 2.31. The van der Waals surface area contributed by atoms with Gasteiger partial charge in [-0.3, -0.25) is 9.59 Å². The molecule has 1 aromatic heterocycles. The number of nitrogens with one attached hydrogen (secondary N) is 2. The number of hydrogen-bond acceptors (Lipinski definition) is 4. The Bertz CT molecular complexity index is 831. The van der Waals surface area contributed by atoms with Crippen LogP contribution in [0.2, 0.25) is 5.02 Å². The zero-order valence-corrected chi connectivity index (χ0v) is 14.9. The lowest BCUT2D eigenvalue weighted by molar-refractivity contribution is -0.137. The molecule has 1 heterocycles. The van der Waals surface area contributed by atoms with Crippen molar-refractivity contribution in [2.45, 2.75) is 11.2 Å². The molecule has 0 unspecified atom stereocenters. The minimum absolute atomic E-state index is 0.109. The average molecular weight is 404 g/mol. The number of hydrogen-bond donors (Lipinski definition) is 2. The van der Waals surface area contributed by atoms with Gasteiger partial charge in [0.2, 0.25) is 5.91 Å². The zero-order valence-electron chi connectivity index (χ0n) is 13.4. The summed E-state index contributed by atoms with van der Waals surface area (Å²) in [6, 6.07) is 7.08. The predicted octanol–water partition coefficient (Wildman–Crippen LogP) is 3.84. The van der Waals surface area contributed by atoms with Crippen LogP contribution in [0, 0.1) is 0 Å². The number of amides is 2. The second-order valence-electron chi connectivity index (χ2n) is 5.01. The summed E-state index contributed by atoms with van der Waals surface area (Å²) in [7, 11) is 1.49. The van der Waals surface area contributed by atoms with Crippen LogP contribution in [0.15, 0.2) is 41.6 Å². The van der Waals surface area contributed by atoms with Gasteiger partial charge in [0.25, 0.3) is 5.91 Å². The Morgan fingerprint density at radius 3 is 2.62 bits per heavy atom. The van der Waals surface area contributed by atoms with Crippen molar-refractivity contribution in [3.63, 3.8) is 0 Å². The summed E-state index contributed by atoms with van der Waals surface area (Å²) in [6.45, 7) is 0. The molecule has 0 radical (unpaired) electrons. The number of alkyl halides is 3. The monoisotopic (exact) mass is 403 g/mol. The molecule has 0 bridgehead atoms. The molecule has 0 aliphatic heterocycles. The smallest absolute Gasteiger partial charge is 0.355 e. The van der Waals surface area contributed by atoms with Gasteiger partial charge in [-0.1, -0.05) is 29.4 Å².